The fourth-order valence-electron chi connectivity index (χ4n) is 1.82. The van der Waals surface area contributed by atoms with E-state index in [0.29, 0.717) is 11.1 Å². The van der Waals surface area contributed by atoms with Gasteiger partial charge in [-0.05, 0) is 18.6 Å². The number of halogens is 1. The van der Waals surface area contributed by atoms with E-state index in [1.165, 1.54) is 12.4 Å². The zero-order chi connectivity index (χ0) is 14.5. The Morgan fingerprint density at radius 1 is 1.60 bits per heavy atom. The van der Waals surface area contributed by atoms with E-state index in [0.717, 1.165) is 0 Å². The van der Waals surface area contributed by atoms with Crippen LogP contribution in [0.2, 0.25) is 0 Å². The fourth-order valence-corrected chi connectivity index (χ4v) is 1.82. The number of aromatic nitrogens is 2. The number of hydrogen-bond donors (Lipinski definition) is 3. The molecular weight excluding hydrogens is 263 g/mol. The first-order valence-electron chi connectivity index (χ1n) is 5.81. The van der Waals surface area contributed by atoms with E-state index < -0.39 is 11.9 Å². The van der Waals surface area contributed by atoms with Gasteiger partial charge in [-0.3, -0.25) is 0 Å². The molecule has 2 aromatic rings. The summed E-state index contributed by atoms with van der Waals surface area (Å²) in [5, 5.41) is 19.6. The Morgan fingerprint density at radius 2 is 2.40 bits per heavy atom. The highest BCUT2D eigenvalue weighted by atomic mass is 19.1. The average molecular weight is 274 g/mol. The van der Waals surface area contributed by atoms with E-state index in [-0.39, 0.29) is 24.4 Å². The summed E-state index contributed by atoms with van der Waals surface area (Å²) in [6, 6.07) is 5.11. The van der Waals surface area contributed by atoms with Crippen LogP contribution in [0.15, 0.2) is 24.5 Å². The van der Waals surface area contributed by atoms with Gasteiger partial charge in [-0.1, -0.05) is 0 Å². The number of nitrogens with one attached hydrogen (secondary N) is 2. The SMILES string of the molecule is N#Cc1ncccc1-c1[nH]cc(CCNC(=O)O)c1F. The molecule has 3 N–H and O–H groups in total. The van der Waals surface area contributed by atoms with Gasteiger partial charge in [-0.25, -0.2) is 14.2 Å². The van der Waals surface area contributed by atoms with Crippen molar-refractivity contribution in [3.8, 4) is 17.3 Å². The van der Waals surface area contributed by atoms with Crippen molar-refractivity contribution in [3.05, 3.63) is 41.6 Å². The highest BCUT2D eigenvalue weighted by Gasteiger charge is 2.15. The molecule has 0 atom stereocenters. The number of carbonyl (C=O) groups is 1. The predicted molar refractivity (Wildman–Crippen MR) is 68.4 cm³/mol. The zero-order valence-corrected chi connectivity index (χ0v) is 10.4. The molecule has 0 radical (unpaired) electrons. The Balaban J connectivity index is 2.25. The summed E-state index contributed by atoms with van der Waals surface area (Å²) in [6.45, 7) is 0.113. The smallest absolute Gasteiger partial charge is 0.404 e. The molecular formula is C13H11FN4O2. The van der Waals surface area contributed by atoms with Crippen LogP contribution in [0.25, 0.3) is 11.3 Å². The van der Waals surface area contributed by atoms with E-state index in [1.54, 1.807) is 12.1 Å². The number of amides is 1. The molecule has 102 valence electrons. The van der Waals surface area contributed by atoms with Crippen molar-refractivity contribution >= 4 is 6.09 Å². The molecule has 0 aromatic carbocycles. The number of aromatic amines is 1. The quantitative estimate of drug-likeness (QED) is 0.792. The minimum atomic E-state index is -1.15. The second-order valence-electron chi connectivity index (χ2n) is 4.00. The maximum Gasteiger partial charge on any atom is 0.404 e. The van der Waals surface area contributed by atoms with Gasteiger partial charge in [0.1, 0.15) is 11.8 Å². The Kier molecular flexibility index (Phi) is 3.96. The fraction of sp³-hybridized carbons (Fsp3) is 0.154. The summed E-state index contributed by atoms with van der Waals surface area (Å²) < 4.78 is 14.2. The van der Waals surface area contributed by atoms with Gasteiger partial charge in [-0.2, -0.15) is 5.26 Å². The first kappa shape index (κ1) is 13.5. The topological polar surface area (TPSA) is 102 Å². The van der Waals surface area contributed by atoms with Crippen molar-refractivity contribution in [1.82, 2.24) is 15.3 Å². The second-order valence-corrected chi connectivity index (χ2v) is 4.00. The molecule has 2 rings (SSSR count). The molecule has 2 heterocycles. The number of pyridine rings is 1. The van der Waals surface area contributed by atoms with E-state index in [2.05, 4.69) is 15.3 Å². The highest BCUT2D eigenvalue weighted by molar-refractivity contribution is 5.67. The van der Waals surface area contributed by atoms with Gasteiger partial charge in [0.05, 0.1) is 5.69 Å². The summed E-state index contributed by atoms with van der Waals surface area (Å²) in [5.74, 6) is -0.498. The Morgan fingerprint density at radius 3 is 3.10 bits per heavy atom. The second kappa shape index (κ2) is 5.84. The lowest BCUT2D eigenvalue weighted by Gasteiger charge is -2.02. The molecule has 0 aliphatic heterocycles. The highest BCUT2D eigenvalue weighted by Crippen LogP contribution is 2.25. The van der Waals surface area contributed by atoms with Gasteiger partial charge in [0, 0.05) is 30.1 Å². The van der Waals surface area contributed by atoms with Crippen LogP contribution in [0.5, 0.6) is 0 Å². The largest absolute Gasteiger partial charge is 0.465 e. The third kappa shape index (κ3) is 2.75. The molecule has 7 heteroatoms. The Bertz CT molecular complexity index is 675. The van der Waals surface area contributed by atoms with Crippen molar-refractivity contribution in [2.75, 3.05) is 6.54 Å². The molecule has 0 aliphatic carbocycles. The van der Waals surface area contributed by atoms with Crippen LogP contribution >= 0.6 is 0 Å². The number of nitriles is 1. The molecule has 0 saturated carbocycles. The third-order valence-corrected chi connectivity index (χ3v) is 2.75. The molecule has 0 saturated heterocycles. The van der Waals surface area contributed by atoms with Gasteiger partial charge in [0.15, 0.2) is 5.82 Å². The summed E-state index contributed by atoms with van der Waals surface area (Å²) in [4.78, 5) is 17.0. The molecule has 1 amide bonds. The van der Waals surface area contributed by atoms with Gasteiger partial charge >= 0.3 is 6.09 Å². The van der Waals surface area contributed by atoms with Gasteiger partial charge in [0.25, 0.3) is 0 Å². The van der Waals surface area contributed by atoms with E-state index in [9.17, 15) is 9.18 Å². The van der Waals surface area contributed by atoms with Crippen LogP contribution in [0.4, 0.5) is 9.18 Å². The molecule has 0 bridgehead atoms. The van der Waals surface area contributed by atoms with Crippen LogP contribution in [0, 0.1) is 17.1 Å². The average Bonchev–Trinajstić information content (AvgIpc) is 2.80. The van der Waals surface area contributed by atoms with Crippen LogP contribution in [0.1, 0.15) is 11.3 Å². The molecule has 20 heavy (non-hydrogen) atoms. The number of rotatable bonds is 4. The molecule has 0 unspecified atom stereocenters. The lowest BCUT2D eigenvalue weighted by atomic mass is 10.1. The lowest BCUT2D eigenvalue weighted by molar-refractivity contribution is 0.194. The number of H-pyrrole nitrogens is 1. The normalized spacial score (nSPS) is 10.0. The number of nitrogens with zero attached hydrogens (tertiary/aromatic N) is 2. The summed E-state index contributed by atoms with van der Waals surface area (Å²) >= 11 is 0. The van der Waals surface area contributed by atoms with Crippen LogP contribution in [-0.4, -0.2) is 27.7 Å². The summed E-state index contributed by atoms with van der Waals surface area (Å²) in [6.07, 6.45) is 1.99. The minimum Gasteiger partial charge on any atom is -0.465 e. The molecule has 0 fully saturated rings. The maximum atomic E-state index is 14.2. The van der Waals surface area contributed by atoms with Crippen molar-refractivity contribution in [1.29, 1.82) is 5.26 Å². The van der Waals surface area contributed by atoms with Gasteiger partial charge in [-0.15, -0.1) is 0 Å². The molecule has 0 aliphatic rings. The summed E-state index contributed by atoms with van der Waals surface area (Å²) in [7, 11) is 0. The van der Waals surface area contributed by atoms with Crippen molar-refractivity contribution < 1.29 is 14.3 Å². The lowest BCUT2D eigenvalue weighted by Crippen LogP contribution is -2.23. The minimum absolute atomic E-state index is 0.113. The Hall–Kier alpha value is -2.88. The standard InChI is InChI=1S/C13H11FN4O2/c14-11-8(3-5-17-13(19)20)7-18-12(11)9-2-1-4-16-10(9)6-15/h1-2,4,7,17-18H,3,5H2,(H,19,20). The monoisotopic (exact) mass is 274 g/mol. The first-order valence-corrected chi connectivity index (χ1v) is 5.81. The van der Waals surface area contributed by atoms with Crippen molar-refractivity contribution in [3.63, 3.8) is 0 Å². The molecule has 0 spiro atoms. The first-order chi connectivity index (χ1) is 9.63. The van der Waals surface area contributed by atoms with E-state index >= 15 is 0 Å². The third-order valence-electron chi connectivity index (χ3n) is 2.75. The van der Waals surface area contributed by atoms with Crippen LogP contribution in [0.3, 0.4) is 0 Å². The van der Waals surface area contributed by atoms with Crippen molar-refractivity contribution in [2.24, 2.45) is 0 Å². The van der Waals surface area contributed by atoms with E-state index in [4.69, 9.17) is 10.4 Å². The van der Waals surface area contributed by atoms with Gasteiger partial charge in [0.2, 0.25) is 0 Å². The van der Waals surface area contributed by atoms with Crippen LogP contribution < -0.4 is 5.32 Å². The molecule has 2 aromatic heterocycles. The van der Waals surface area contributed by atoms with Crippen molar-refractivity contribution in [2.45, 2.75) is 6.42 Å². The number of hydrogen-bond acceptors (Lipinski definition) is 3. The summed E-state index contributed by atoms with van der Waals surface area (Å²) in [5.41, 5.74) is 1.04. The Labute approximate surface area is 113 Å². The zero-order valence-electron chi connectivity index (χ0n) is 10.4. The van der Waals surface area contributed by atoms with Crippen LogP contribution in [-0.2, 0) is 6.42 Å². The maximum absolute atomic E-state index is 14.2. The molecule has 6 nitrogen and oxygen atoms in total. The van der Waals surface area contributed by atoms with Gasteiger partial charge < -0.3 is 15.4 Å². The number of carboxylic acid groups (broad SMARTS) is 1. The van der Waals surface area contributed by atoms with E-state index in [1.807, 2.05) is 6.07 Å². The predicted octanol–water partition coefficient (Wildman–Crippen LogP) is 1.90.